The number of hydrogen-bond donors (Lipinski definition) is 0. The molecule has 1 rings (SSSR count). The molecular formula is C9H12Cl2O. The maximum absolute atomic E-state index is 5.88. The van der Waals surface area contributed by atoms with E-state index in [0.717, 1.165) is 5.56 Å². The second-order valence-corrected chi connectivity index (χ2v) is 2.58. The van der Waals surface area contributed by atoms with Crippen molar-refractivity contribution in [1.82, 2.24) is 0 Å². The largest absolute Gasteiger partial charge is 0.359 e. The first-order valence-corrected chi connectivity index (χ1v) is 4.09. The summed E-state index contributed by atoms with van der Waals surface area (Å²) in [4.78, 5) is 0. The zero-order valence-corrected chi connectivity index (χ0v) is 8.44. The van der Waals surface area contributed by atoms with Crippen LogP contribution >= 0.6 is 24.0 Å². The van der Waals surface area contributed by atoms with Gasteiger partial charge in [-0.05, 0) is 12.5 Å². The minimum absolute atomic E-state index is 0. The third-order valence-corrected chi connectivity index (χ3v) is 1.75. The van der Waals surface area contributed by atoms with Gasteiger partial charge in [-0.1, -0.05) is 41.9 Å². The first kappa shape index (κ1) is 11.8. The first-order chi connectivity index (χ1) is 5.34. The smallest absolute Gasteiger partial charge is 0.156 e. The molecule has 1 nitrogen and oxygen atoms in total. The normalized spacial score (nSPS) is 11.8. The molecule has 1 unspecified atom stereocenters. The highest BCUT2D eigenvalue weighted by Gasteiger charge is 2.04. The first-order valence-electron chi connectivity index (χ1n) is 3.65. The lowest BCUT2D eigenvalue weighted by atomic mass is 10.2. The second-order valence-electron chi connectivity index (χ2n) is 2.18. The van der Waals surface area contributed by atoms with Crippen molar-refractivity contribution in [3.05, 3.63) is 35.9 Å². The van der Waals surface area contributed by atoms with E-state index in [4.69, 9.17) is 16.3 Å². The van der Waals surface area contributed by atoms with Crippen LogP contribution in [0.25, 0.3) is 0 Å². The molecule has 0 aliphatic rings. The van der Waals surface area contributed by atoms with E-state index in [-0.39, 0.29) is 18.0 Å². The Morgan fingerprint density at radius 3 is 2.42 bits per heavy atom. The van der Waals surface area contributed by atoms with Gasteiger partial charge < -0.3 is 4.74 Å². The average Bonchev–Trinajstić information content (AvgIpc) is 2.07. The van der Waals surface area contributed by atoms with Crippen LogP contribution < -0.4 is 0 Å². The molecule has 0 fully saturated rings. The zero-order chi connectivity index (χ0) is 8.10. The van der Waals surface area contributed by atoms with Crippen molar-refractivity contribution in [2.24, 2.45) is 0 Å². The number of benzene rings is 1. The highest BCUT2D eigenvalue weighted by atomic mass is 35.5. The Kier molecular flexibility index (Phi) is 6.17. The molecule has 0 aromatic heterocycles. The summed E-state index contributed by atoms with van der Waals surface area (Å²) in [5, 5.41) is 0. The third-order valence-electron chi connectivity index (χ3n) is 1.37. The van der Waals surface area contributed by atoms with Gasteiger partial charge in [0.05, 0.1) is 0 Å². The predicted octanol–water partition coefficient (Wildman–Crippen LogP) is 3.38. The Bertz CT molecular complexity index is 201. The van der Waals surface area contributed by atoms with Crippen LogP contribution in [0.4, 0.5) is 0 Å². The van der Waals surface area contributed by atoms with E-state index < -0.39 is 0 Å². The van der Waals surface area contributed by atoms with Crippen molar-refractivity contribution < 1.29 is 4.74 Å². The van der Waals surface area contributed by atoms with Crippen molar-refractivity contribution in [2.75, 3.05) is 6.61 Å². The summed E-state index contributed by atoms with van der Waals surface area (Å²) in [6, 6.07) is 9.76. The van der Waals surface area contributed by atoms with E-state index in [9.17, 15) is 0 Å². The molecule has 0 aliphatic carbocycles. The van der Waals surface area contributed by atoms with Gasteiger partial charge in [0, 0.05) is 6.61 Å². The van der Waals surface area contributed by atoms with Crippen molar-refractivity contribution in [3.63, 3.8) is 0 Å². The third kappa shape index (κ3) is 3.44. The van der Waals surface area contributed by atoms with Crippen LogP contribution in [0.3, 0.4) is 0 Å². The number of ether oxygens (including phenoxy) is 1. The lowest BCUT2D eigenvalue weighted by Gasteiger charge is -2.08. The predicted molar refractivity (Wildman–Crippen MR) is 53.9 cm³/mol. The highest BCUT2D eigenvalue weighted by molar-refractivity contribution is 6.19. The highest BCUT2D eigenvalue weighted by Crippen LogP contribution is 2.20. The SMILES string of the molecule is CCOC(Cl)c1ccccc1.Cl. The Morgan fingerprint density at radius 1 is 1.33 bits per heavy atom. The molecule has 68 valence electrons. The van der Waals surface area contributed by atoms with Crippen LogP contribution in [0.5, 0.6) is 0 Å². The van der Waals surface area contributed by atoms with Gasteiger partial charge in [-0.2, -0.15) is 0 Å². The zero-order valence-electron chi connectivity index (χ0n) is 6.87. The molecule has 0 spiro atoms. The van der Waals surface area contributed by atoms with Gasteiger partial charge >= 0.3 is 0 Å². The molecule has 1 aromatic rings. The molecule has 12 heavy (non-hydrogen) atoms. The van der Waals surface area contributed by atoms with Gasteiger partial charge in [0.1, 0.15) is 0 Å². The second kappa shape index (κ2) is 6.30. The maximum atomic E-state index is 5.88. The van der Waals surface area contributed by atoms with E-state index in [1.54, 1.807) is 0 Å². The van der Waals surface area contributed by atoms with E-state index >= 15 is 0 Å². The van der Waals surface area contributed by atoms with Crippen molar-refractivity contribution in [2.45, 2.75) is 12.5 Å². The van der Waals surface area contributed by atoms with E-state index in [1.807, 2.05) is 37.3 Å². The minimum atomic E-state index is -0.304. The minimum Gasteiger partial charge on any atom is -0.359 e. The lowest BCUT2D eigenvalue weighted by Crippen LogP contribution is -1.95. The number of alkyl halides is 1. The van der Waals surface area contributed by atoms with Gasteiger partial charge in [-0.3, -0.25) is 0 Å². The summed E-state index contributed by atoms with van der Waals surface area (Å²) in [5.41, 5.74) is 0.706. The van der Waals surface area contributed by atoms with E-state index in [1.165, 1.54) is 0 Å². The molecule has 0 aliphatic heterocycles. The summed E-state index contributed by atoms with van der Waals surface area (Å²) in [5.74, 6) is 0. The molecule has 0 N–H and O–H groups in total. The molecular weight excluding hydrogens is 195 g/mol. The van der Waals surface area contributed by atoms with Gasteiger partial charge in [0.2, 0.25) is 0 Å². The van der Waals surface area contributed by atoms with E-state index in [0.29, 0.717) is 6.61 Å². The molecule has 3 heteroatoms. The number of halogens is 2. The van der Waals surface area contributed by atoms with Crippen molar-refractivity contribution >= 4 is 24.0 Å². The lowest BCUT2D eigenvalue weighted by molar-refractivity contribution is 0.121. The molecule has 0 amide bonds. The topological polar surface area (TPSA) is 9.23 Å². The molecule has 0 radical (unpaired) electrons. The van der Waals surface area contributed by atoms with Crippen LogP contribution in [0.15, 0.2) is 30.3 Å². The van der Waals surface area contributed by atoms with Gasteiger partial charge in [0.25, 0.3) is 0 Å². The standard InChI is InChI=1S/C9H11ClO.ClH/c1-2-11-9(10)8-6-4-3-5-7-8;/h3-7,9H,2H2,1H3;1H. The van der Waals surface area contributed by atoms with Crippen molar-refractivity contribution in [1.29, 1.82) is 0 Å². The van der Waals surface area contributed by atoms with Crippen molar-refractivity contribution in [3.8, 4) is 0 Å². The van der Waals surface area contributed by atoms with Crippen LogP contribution in [0.2, 0.25) is 0 Å². The molecule has 0 bridgehead atoms. The Labute approximate surface area is 84.1 Å². The van der Waals surface area contributed by atoms with Crippen LogP contribution in [-0.4, -0.2) is 6.61 Å². The quantitative estimate of drug-likeness (QED) is 0.690. The summed E-state index contributed by atoms with van der Waals surface area (Å²) in [6.07, 6.45) is 0. The Hall–Kier alpha value is -0.240. The van der Waals surface area contributed by atoms with Gasteiger partial charge in [-0.25, -0.2) is 0 Å². The van der Waals surface area contributed by atoms with E-state index in [2.05, 4.69) is 0 Å². The molecule has 0 saturated carbocycles. The van der Waals surface area contributed by atoms with Gasteiger partial charge in [-0.15, -0.1) is 12.4 Å². The molecule has 0 heterocycles. The number of hydrogen-bond acceptors (Lipinski definition) is 1. The summed E-state index contributed by atoms with van der Waals surface area (Å²) >= 11 is 5.88. The fourth-order valence-corrected chi connectivity index (χ4v) is 1.12. The van der Waals surface area contributed by atoms with Crippen LogP contribution in [0.1, 0.15) is 18.1 Å². The molecule has 1 aromatic carbocycles. The maximum Gasteiger partial charge on any atom is 0.156 e. The van der Waals surface area contributed by atoms with Crippen LogP contribution in [0, 0.1) is 0 Å². The monoisotopic (exact) mass is 206 g/mol. The van der Waals surface area contributed by atoms with Crippen LogP contribution in [-0.2, 0) is 4.74 Å². The Morgan fingerprint density at radius 2 is 1.92 bits per heavy atom. The molecule has 0 saturated heterocycles. The fourth-order valence-electron chi connectivity index (χ4n) is 0.847. The summed E-state index contributed by atoms with van der Waals surface area (Å²) in [7, 11) is 0. The average molecular weight is 207 g/mol. The summed E-state index contributed by atoms with van der Waals surface area (Å²) < 4.78 is 5.19. The Balaban J connectivity index is 0.00000121. The van der Waals surface area contributed by atoms with Gasteiger partial charge in [0.15, 0.2) is 5.56 Å². The molecule has 1 atom stereocenters. The number of rotatable bonds is 3. The summed E-state index contributed by atoms with van der Waals surface area (Å²) in [6.45, 7) is 2.57. The fraction of sp³-hybridized carbons (Fsp3) is 0.333.